The topological polar surface area (TPSA) is 54.5 Å². The van der Waals surface area contributed by atoms with Crippen LogP contribution in [-0.2, 0) is 27.2 Å². The van der Waals surface area contributed by atoms with Crippen molar-refractivity contribution in [1.82, 2.24) is 4.31 Å². The van der Waals surface area contributed by atoms with Gasteiger partial charge in [0.1, 0.15) is 6.29 Å². The van der Waals surface area contributed by atoms with Gasteiger partial charge in [-0.1, -0.05) is 0 Å². The van der Waals surface area contributed by atoms with Crippen LogP contribution in [0.3, 0.4) is 0 Å². The van der Waals surface area contributed by atoms with Gasteiger partial charge < -0.3 is 4.79 Å². The molecule has 11 heteroatoms. The lowest BCUT2D eigenvalue weighted by Gasteiger charge is -2.29. The van der Waals surface area contributed by atoms with Crippen LogP contribution in [0.15, 0.2) is 23.1 Å². The van der Waals surface area contributed by atoms with Crippen molar-refractivity contribution < 1.29 is 39.6 Å². The lowest BCUT2D eigenvalue weighted by atomic mass is 10.0. The van der Waals surface area contributed by atoms with Gasteiger partial charge in [0.25, 0.3) is 0 Å². The van der Waals surface area contributed by atoms with E-state index in [1.165, 1.54) is 13.3 Å². The number of carbonyl (C=O) groups is 1. The molecule has 0 spiro atoms. The smallest absolute Gasteiger partial charge is 0.301 e. The number of aldehydes is 1. The first-order chi connectivity index (χ1) is 11.2. The zero-order valence-corrected chi connectivity index (χ0v) is 13.5. The predicted molar refractivity (Wildman–Crippen MR) is 73.7 cm³/mol. The molecule has 1 aromatic carbocycles. The molecule has 0 aliphatic carbocycles. The van der Waals surface area contributed by atoms with Crippen molar-refractivity contribution in [2.24, 2.45) is 0 Å². The van der Waals surface area contributed by atoms with Crippen LogP contribution < -0.4 is 0 Å². The Labute approximate surface area is 139 Å². The molecule has 1 aliphatic heterocycles. The monoisotopic (exact) mass is 388 g/mol. The number of halogens is 6. The summed E-state index contributed by atoms with van der Waals surface area (Å²) in [5.74, 6) is 0. The first-order valence-corrected chi connectivity index (χ1v) is 8.26. The third-order valence-corrected chi connectivity index (χ3v) is 5.80. The Morgan fingerprint density at radius 1 is 1.04 bits per heavy atom. The number of hydrogen-bond donors (Lipinski definition) is 0. The summed E-state index contributed by atoms with van der Waals surface area (Å²) in [5.41, 5.74) is -5.04. The summed E-state index contributed by atoms with van der Waals surface area (Å²) in [7, 11) is -4.75. The Bertz CT molecular complexity index is 754. The molecular weight excluding hydrogens is 376 g/mol. The molecule has 1 fully saturated rings. The van der Waals surface area contributed by atoms with Crippen LogP contribution in [0.2, 0.25) is 0 Å². The standard InChI is InChI=1S/C14H12F6NO3S/c1-12(8-22)3-2-4-21(12)25(23,24)11-6-9(13(15,16)17)5-10(7-11)14(18,19)20/h2,5-8H,3-4H2,1H3/t12-/m0/s1. The molecule has 1 radical (unpaired) electrons. The van der Waals surface area contributed by atoms with Crippen molar-refractivity contribution in [1.29, 1.82) is 0 Å². The van der Waals surface area contributed by atoms with Crippen molar-refractivity contribution in [3.63, 3.8) is 0 Å². The first kappa shape index (κ1) is 19.7. The van der Waals surface area contributed by atoms with Crippen LogP contribution in [0.1, 0.15) is 24.5 Å². The van der Waals surface area contributed by atoms with Crippen molar-refractivity contribution in [2.75, 3.05) is 6.54 Å². The van der Waals surface area contributed by atoms with E-state index in [-0.39, 0.29) is 31.2 Å². The molecule has 0 saturated carbocycles. The molecule has 1 saturated heterocycles. The predicted octanol–water partition coefficient (Wildman–Crippen LogP) is 3.28. The maximum Gasteiger partial charge on any atom is 0.416 e. The van der Waals surface area contributed by atoms with Crippen LogP contribution in [0.4, 0.5) is 26.3 Å². The SMILES string of the molecule is C[C@@]1(C=O)C[CH]CN1S(=O)(=O)c1cc(C(F)(F)F)cc(C(F)(F)F)c1. The van der Waals surface area contributed by atoms with E-state index in [0.717, 1.165) is 0 Å². The Balaban J connectivity index is 2.67. The van der Waals surface area contributed by atoms with Crippen molar-refractivity contribution in [2.45, 2.75) is 36.1 Å². The van der Waals surface area contributed by atoms with Crippen LogP contribution in [0.5, 0.6) is 0 Å². The number of sulfonamides is 1. The van der Waals surface area contributed by atoms with E-state index in [1.54, 1.807) is 0 Å². The second-order valence-electron chi connectivity index (χ2n) is 5.75. The highest BCUT2D eigenvalue weighted by Crippen LogP contribution is 2.39. The number of rotatable bonds is 3. The van der Waals surface area contributed by atoms with E-state index >= 15 is 0 Å². The molecule has 139 valence electrons. The number of hydrogen-bond acceptors (Lipinski definition) is 3. The van der Waals surface area contributed by atoms with Crippen LogP contribution in [0, 0.1) is 6.42 Å². The van der Waals surface area contributed by atoms with E-state index < -0.39 is 43.9 Å². The Morgan fingerprint density at radius 2 is 1.52 bits per heavy atom. The molecule has 25 heavy (non-hydrogen) atoms. The average molecular weight is 388 g/mol. The molecule has 0 bridgehead atoms. The van der Waals surface area contributed by atoms with Gasteiger partial charge in [-0.3, -0.25) is 0 Å². The van der Waals surface area contributed by atoms with Gasteiger partial charge in [-0.2, -0.15) is 30.6 Å². The number of alkyl halides is 6. The molecule has 2 rings (SSSR count). The quantitative estimate of drug-likeness (QED) is 0.590. The highest BCUT2D eigenvalue weighted by molar-refractivity contribution is 7.89. The Morgan fingerprint density at radius 3 is 1.92 bits per heavy atom. The van der Waals surface area contributed by atoms with Gasteiger partial charge in [-0.25, -0.2) is 8.42 Å². The fourth-order valence-corrected chi connectivity index (χ4v) is 4.24. The fraction of sp³-hybridized carbons (Fsp3) is 0.429. The largest absolute Gasteiger partial charge is 0.416 e. The third kappa shape index (κ3) is 3.66. The van der Waals surface area contributed by atoms with Crippen LogP contribution >= 0.6 is 0 Å². The molecule has 0 aromatic heterocycles. The molecule has 0 amide bonds. The lowest BCUT2D eigenvalue weighted by Crippen LogP contribution is -2.46. The van der Waals surface area contributed by atoms with Crippen LogP contribution in [-0.4, -0.2) is 31.1 Å². The summed E-state index contributed by atoms with van der Waals surface area (Å²) in [4.78, 5) is 10.0. The molecule has 1 aliphatic rings. The minimum absolute atomic E-state index is 0.000813. The van der Waals surface area contributed by atoms with Gasteiger partial charge in [-0.15, -0.1) is 0 Å². The van der Waals surface area contributed by atoms with Gasteiger partial charge in [-0.05, 0) is 38.0 Å². The normalized spacial score (nSPS) is 23.0. The zero-order valence-electron chi connectivity index (χ0n) is 12.6. The number of nitrogens with zero attached hydrogens (tertiary/aromatic N) is 1. The second-order valence-corrected chi connectivity index (χ2v) is 7.61. The summed E-state index contributed by atoms with van der Waals surface area (Å²) in [6, 6.07) is 0.107. The van der Waals surface area contributed by atoms with E-state index in [2.05, 4.69) is 0 Å². The summed E-state index contributed by atoms with van der Waals surface area (Å²) in [6.07, 6.45) is -8.63. The Kier molecular flexibility index (Phi) is 4.71. The molecule has 1 atom stereocenters. The van der Waals surface area contributed by atoms with Crippen LogP contribution in [0.25, 0.3) is 0 Å². The minimum atomic E-state index is -5.17. The summed E-state index contributed by atoms with van der Waals surface area (Å²) in [5, 5.41) is 0. The molecule has 0 N–H and O–H groups in total. The summed E-state index contributed by atoms with van der Waals surface area (Å²) in [6.45, 7) is 0.939. The summed E-state index contributed by atoms with van der Waals surface area (Å²) >= 11 is 0. The zero-order chi connectivity index (χ0) is 19.3. The van der Waals surface area contributed by atoms with E-state index in [9.17, 15) is 39.6 Å². The average Bonchev–Trinajstić information content (AvgIpc) is 2.88. The summed E-state index contributed by atoms with van der Waals surface area (Å²) < 4.78 is 103. The van der Waals surface area contributed by atoms with Gasteiger partial charge in [0.15, 0.2) is 0 Å². The van der Waals surface area contributed by atoms with E-state index in [0.29, 0.717) is 10.6 Å². The van der Waals surface area contributed by atoms with E-state index in [1.807, 2.05) is 0 Å². The first-order valence-electron chi connectivity index (χ1n) is 6.82. The lowest BCUT2D eigenvalue weighted by molar-refractivity contribution is -0.143. The van der Waals surface area contributed by atoms with Gasteiger partial charge in [0.05, 0.1) is 21.6 Å². The number of carbonyl (C=O) groups excluding carboxylic acids is 1. The molecule has 1 heterocycles. The third-order valence-electron chi connectivity index (χ3n) is 3.83. The van der Waals surface area contributed by atoms with Gasteiger partial charge in [0.2, 0.25) is 10.0 Å². The van der Waals surface area contributed by atoms with Crippen molar-refractivity contribution in [3.05, 3.63) is 35.7 Å². The molecule has 1 aromatic rings. The highest BCUT2D eigenvalue weighted by atomic mass is 32.2. The fourth-order valence-electron chi connectivity index (χ4n) is 2.47. The molecular formula is C14H12F6NO3S. The molecule has 0 unspecified atom stereocenters. The van der Waals surface area contributed by atoms with Gasteiger partial charge in [0, 0.05) is 6.54 Å². The maximum absolute atomic E-state index is 12.9. The van der Waals surface area contributed by atoms with E-state index in [4.69, 9.17) is 0 Å². The Hall–Kier alpha value is -1.62. The van der Waals surface area contributed by atoms with Crippen molar-refractivity contribution >= 4 is 16.3 Å². The minimum Gasteiger partial charge on any atom is -0.301 e. The van der Waals surface area contributed by atoms with Gasteiger partial charge >= 0.3 is 12.4 Å². The number of benzene rings is 1. The maximum atomic E-state index is 12.9. The molecule has 4 nitrogen and oxygen atoms in total. The van der Waals surface area contributed by atoms with Crippen molar-refractivity contribution in [3.8, 4) is 0 Å². The second kappa shape index (κ2) is 5.97. The highest BCUT2D eigenvalue weighted by Gasteiger charge is 2.46.